The molecule has 1 nitrogen and oxygen atoms in total. The molecule has 1 spiro atoms. The van der Waals surface area contributed by atoms with E-state index in [4.69, 9.17) is 0 Å². The predicted molar refractivity (Wildman–Crippen MR) is 210 cm³/mol. The molecule has 50 heavy (non-hydrogen) atoms. The normalized spacial score (nSPS) is 21.9. The van der Waals surface area contributed by atoms with Crippen LogP contribution in [-0.2, 0) is 10.8 Å². The minimum atomic E-state index is -0.150. The molecule has 0 radical (unpaired) electrons. The van der Waals surface area contributed by atoms with Crippen LogP contribution in [0.3, 0.4) is 0 Å². The zero-order valence-corrected chi connectivity index (χ0v) is 29.3. The molecule has 10 rings (SSSR count). The fraction of sp³-hybridized carbons (Fsp3) is 0.224. The first kappa shape index (κ1) is 29.7. The Kier molecular flexibility index (Phi) is 6.50. The van der Waals surface area contributed by atoms with E-state index in [1.165, 1.54) is 98.4 Å². The number of rotatable bonds is 4. The van der Waals surface area contributed by atoms with Crippen LogP contribution in [0.15, 0.2) is 151 Å². The van der Waals surface area contributed by atoms with E-state index in [2.05, 4.69) is 171 Å². The van der Waals surface area contributed by atoms with Crippen molar-refractivity contribution >= 4 is 17.1 Å². The molecular weight excluding hydrogens is 603 g/mol. The van der Waals surface area contributed by atoms with Crippen molar-refractivity contribution in [3.8, 4) is 33.4 Å². The lowest BCUT2D eigenvalue weighted by atomic mass is 9.58. The summed E-state index contributed by atoms with van der Waals surface area (Å²) in [5.74, 6) is 1.45. The Morgan fingerprint density at radius 2 is 1.22 bits per heavy atom. The van der Waals surface area contributed by atoms with Gasteiger partial charge in [0.2, 0.25) is 0 Å². The quantitative estimate of drug-likeness (QED) is 0.172. The van der Waals surface area contributed by atoms with Crippen LogP contribution >= 0.6 is 0 Å². The van der Waals surface area contributed by atoms with Crippen molar-refractivity contribution in [1.82, 2.24) is 0 Å². The lowest BCUT2D eigenvalue weighted by Crippen LogP contribution is -2.36. The number of benzene rings is 6. The highest BCUT2D eigenvalue weighted by Gasteiger charge is 2.50. The van der Waals surface area contributed by atoms with Crippen molar-refractivity contribution in [1.29, 1.82) is 0 Å². The van der Waals surface area contributed by atoms with Gasteiger partial charge in [0.05, 0.1) is 11.4 Å². The molecule has 2 bridgehead atoms. The molecule has 1 fully saturated rings. The van der Waals surface area contributed by atoms with Crippen molar-refractivity contribution in [3.63, 3.8) is 0 Å². The maximum Gasteiger partial charge on any atom is 0.0543 e. The van der Waals surface area contributed by atoms with Crippen molar-refractivity contribution in [2.75, 3.05) is 4.90 Å². The van der Waals surface area contributed by atoms with Gasteiger partial charge in [0.25, 0.3) is 0 Å². The number of nitrogens with zero attached hydrogens (tertiary/aromatic N) is 1. The summed E-state index contributed by atoms with van der Waals surface area (Å²) in [5.41, 5.74) is 19.0. The highest BCUT2D eigenvalue weighted by molar-refractivity contribution is 5.98. The Morgan fingerprint density at radius 1 is 0.580 bits per heavy atom. The lowest BCUT2D eigenvalue weighted by molar-refractivity contribution is 0.284. The summed E-state index contributed by atoms with van der Waals surface area (Å²) in [6.07, 6.45) is 7.70. The molecule has 0 aliphatic heterocycles. The van der Waals surface area contributed by atoms with E-state index in [-0.39, 0.29) is 10.8 Å². The van der Waals surface area contributed by atoms with Crippen LogP contribution in [0.25, 0.3) is 33.4 Å². The van der Waals surface area contributed by atoms with Crippen molar-refractivity contribution in [3.05, 3.63) is 173 Å². The lowest BCUT2D eigenvalue weighted by Gasteiger charge is -2.45. The molecule has 3 unspecified atom stereocenters. The maximum absolute atomic E-state index is 2.65. The molecule has 1 heteroatoms. The molecule has 4 aliphatic rings. The second kappa shape index (κ2) is 10.9. The van der Waals surface area contributed by atoms with Gasteiger partial charge in [0, 0.05) is 22.1 Å². The number of anilines is 3. The zero-order valence-electron chi connectivity index (χ0n) is 29.3. The standard InChI is InChI=1S/C49H43N/c1-32-29-33-27-28-49(36(30-32)31-33)42-19-10-8-16-40(42)46-43(49)20-12-21-44(46)50(37-25-23-35(24-26-37)34-13-5-4-6-14-34)45-22-11-17-39-38-15-7-9-18-41(38)48(2,3)47(39)45/h4-26,30,32-33H,27-29,31H2,1-3H3. The number of allylic oxidation sites excluding steroid dienone is 2. The third-order valence-electron chi connectivity index (χ3n) is 12.6. The van der Waals surface area contributed by atoms with Crippen LogP contribution in [0.1, 0.15) is 68.7 Å². The molecule has 0 N–H and O–H groups in total. The average molecular weight is 646 g/mol. The van der Waals surface area contributed by atoms with Gasteiger partial charge in [-0.2, -0.15) is 0 Å². The molecule has 0 heterocycles. The Balaban J connectivity index is 1.24. The van der Waals surface area contributed by atoms with Crippen molar-refractivity contribution in [2.45, 2.75) is 57.3 Å². The first-order chi connectivity index (χ1) is 24.4. The van der Waals surface area contributed by atoms with Gasteiger partial charge in [-0.3, -0.25) is 0 Å². The third-order valence-corrected chi connectivity index (χ3v) is 12.6. The first-order valence-electron chi connectivity index (χ1n) is 18.6. The predicted octanol–water partition coefficient (Wildman–Crippen LogP) is 13.2. The zero-order chi connectivity index (χ0) is 33.6. The summed E-state index contributed by atoms with van der Waals surface area (Å²) in [6, 6.07) is 52.6. The summed E-state index contributed by atoms with van der Waals surface area (Å²) in [5, 5.41) is 0. The highest BCUT2D eigenvalue weighted by Crippen LogP contribution is 2.63. The van der Waals surface area contributed by atoms with E-state index in [0.717, 1.165) is 5.92 Å². The Labute approximate surface area is 297 Å². The third kappa shape index (κ3) is 4.13. The first-order valence-corrected chi connectivity index (χ1v) is 18.6. The summed E-state index contributed by atoms with van der Waals surface area (Å²) in [4.78, 5) is 2.60. The molecule has 6 aromatic rings. The van der Waals surface area contributed by atoms with Gasteiger partial charge >= 0.3 is 0 Å². The highest BCUT2D eigenvalue weighted by atomic mass is 15.1. The smallest absolute Gasteiger partial charge is 0.0543 e. The molecule has 0 saturated heterocycles. The van der Waals surface area contributed by atoms with E-state index in [0.29, 0.717) is 5.92 Å². The molecule has 6 aromatic carbocycles. The summed E-state index contributed by atoms with van der Waals surface area (Å²) in [7, 11) is 0. The Morgan fingerprint density at radius 3 is 2.04 bits per heavy atom. The van der Waals surface area contributed by atoms with E-state index in [1.807, 2.05) is 0 Å². The largest absolute Gasteiger partial charge is 0.310 e. The van der Waals surface area contributed by atoms with Crippen LogP contribution in [0.2, 0.25) is 0 Å². The minimum Gasteiger partial charge on any atom is -0.310 e. The topological polar surface area (TPSA) is 3.24 Å². The molecule has 1 saturated carbocycles. The second-order valence-electron chi connectivity index (χ2n) is 15.8. The Bertz CT molecular complexity index is 2320. The second-order valence-corrected chi connectivity index (χ2v) is 15.8. The molecular formula is C49H43N. The van der Waals surface area contributed by atoms with Crippen LogP contribution < -0.4 is 4.90 Å². The van der Waals surface area contributed by atoms with E-state index in [1.54, 1.807) is 5.57 Å². The van der Waals surface area contributed by atoms with Crippen molar-refractivity contribution < 1.29 is 0 Å². The monoisotopic (exact) mass is 645 g/mol. The van der Waals surface area contributed by atoms with Gasteiger partial charge in [0.1, 0.15) is 0 Å². The van der Waals surface area contributed by atoms with Crippen molar-refractivity contribution in [2.24, 2.45) is 11.8 Å². The molecule has 3 atom stereocenters. The van der Waals surface area contributed by atoms with Gasteiger partial charge in [0.15, 0.2) is 0 Å². The van der Waals surface area contributed by atoms with E-state index < -0.39 is 0 Å². The van der Waals surface area contributed by atoms with Gasteiger partial charge in [-0.25, -0.2) is 0 Å². The fourth-order valence-electron chi connectivity index (χ4n) is 10.6. The Hall–Kier alpha value is -5.14. The molecule has 0 amide bonds. The summed E-state index contributed by atoms with van der Waals surface area (Å²) in [6.45, 7) is 7.25. The van der Waals surface area contributed by atoms with Gasteiger partial charge in [-0.05, 0) is 112 Å². The van der Waals surface area contributed by atoms with Gasteiger partial charge < -0.3 is 4.90 Å². The van der Waals surface area contributed by atoms with E-state index in [9.17, 15) is 0 Å². The summed E-state index contributed by atoms with van der Waals surface area (Å²) >= 11 is 0. The molecule has 0 aromatic heterocycles. The maximum atomic E-state index is 2.65. The average Bonchev–Trinajstić information content (AvgIpc) is 3.57. The fourth-order valence-corrected chi connectivity index (χ4v) is 10.6. The number of hydrogen-bond acceptors (Lipinski definition) is 1. The van der Waals surface area contributed by atoms with E-state index >= 15 is 0 Å². The number of hydrogen-bond donors (Lipinski definition) is 0. The van der Waals surface area contributed by atoms with Crippen LogP contribution in [0.5, 0.6) is 0 Å². The minimum absolute atomic E-state index is 0.0515. The van der Waals surface area contributed by atoms with Crippen LogP contribution in [0.4, 0.5) is 17.1 Å². The molecule has 244 valence electrons. The molecule has 4 aliphatic carbocycles. The van der Waals surface area contributed by atoms with Crippen LogP contribution in [-0.4, -0.2) is 0 Å². The van der Waals surface area contributed by atoms with Gasteiger partial charge in [-0.1, -0.05) is 148 Å². The SMILES string of the molecule is CC1C=C2CC(CCC23c2ccccc2-c2c(N(c4ccc(-c5ccccc5)cc4)c4cccc5c4C(C)(C)c4ccccc4-5)cccc23)C1. The summed E-state index contributed by atoms with van der Waals surface area (Å²) < 4.78 is 0. The number of fused-ring (bicyclic) bond motifs is 11. The van der Waals surface area contributed by atoms with Crippen LogP contribution in [0, 0.1) is 11.8 Å². The van der Waals surface area contributed by atoms with Gasteiger partial charge in [-0.15, -0.1) is 0 Å².